The molecule has 1 aromatic heterocycles. The van der Waals surface area contributed by atoms with Gasteiger partial charge in [0.05, 0.1) is 34.3 Å². The minimum atomic E-state index is -0.474. The Labute approximate surface area is 181 Å². The molecule has 1 heterocycles. The number of nitro groups is 1. The summed E-state index contributed by atoms with van der Waals surface area (Å²) in [5, 5.41) is 15.9. The molecule has 30 heavy (non-hydrogen) atoms. The third-order valence-electron chi connectivity index (χ3n) is 3.97. The van der Waals surface area contributed by atoms with E-state index >= 15 is 0 Å². The Hall–Kier alpha value is -3.17. The first kappa shape index (κ1) is 21.5. The Morgan fingerprint density at radius 3 is 2.57 bits per heavy atom. The summed E-state index contributed by atoms with van der Waals surface area (Å²) in [4.78, 5) is 23.2. The van der Waals surface area contributed by atoms with Crippen molar-refractivity contribution in [2.24, 2.45) is 5.10 Å². The van der Waals surface area contributed by atoms with E-state index in [9.17, 15) is 14.9 Å². The number of fused-ring (bicyclic) bond motifs is 1. The minimum absolute atomic E-state index is 0.0273. The van der Waals surface area contributed by atoms with E-state index in [4.69, 9.17) is 21.1 Å². The summed E-state index contributed by atoms with van der Waals surface area (Å²) in [6, 6.07) is 9.37. The maximum Gasteiger partial charge on any atom is 0.281 e. The molecule has 3 aromatic rings. The zero-order valence-electron chi connectivity index (χ0n) is 16.2. The van der Waals surface area contributed by atoms with Gasteiger partial charge in [-0.3, -0.25) is 14.9 Å². The van der Waals surface area contributed by atoms with E-state index in [2.05, 4.69) is 10.5 Å². The second-order valence-electron chi connectivity index (χ2n) is 5.98. The molecule has 10 heteroatoms. The van der Waals surface area contributed by atoms with E-state index in [0.29, 0.717) is 45.6 Å². The van der Waals surface area contributed by atoms with Gasteiger partial charge in [0.25, 0.3) is 11.6 Å². The standard InChI is InChI=1S/C20H18ClN3O5S/c1-3-28-16-8-13(15(21)10-17(16)29-4-2)11-22-23-20(25)19-9-12-7-14(24(26)27)5-6-18(12)30-19/h5-11H,3-4H2,1-2H3,(H,23,25). The third kappa shape index (κ3) is 4.87. The van der Waals surface area contributed by atoms with E-state index in [1.807, 2.05) is 13.8 Å². The molecule has 3 rings (SSSR count). The number of amides is 1. The number of hydrogen-bond donors (Lipinski definition) is 1. The van der Waals surface area contributed by atoms with Gasteiger partial charge in [0.1, 0.15) is 0 Å². The lowest BCUT2D eigenvalue weighted by Crippen LogP contribution is -2.16. The monoisotopic (exact) mass is 447 g/mol. The van der Waals surface area contributed by atoms with Crippen LogP contribution in [-0.2, 0) is 0 Å². The van der Waals surface area contributed by atoms with Gasteiger partial charge in [-0.2, -0.15) is 5.10 Å². The number of ether oxygens (including phenoxy) is 2. The number of hydrogen-bond acceptors (Lipinski definition) is 7. The van der Waals surface area contributed by atoms with Crippen molar-refractivity contribution in [3.05, 3.63) is 62.0 Å². The molecule has 0 atom stereocenters. The van der Waals surface area contributed by atoms with Gasteiger partial charge in [-0.15, -0.1) is 11.3 Å². The number of carbonyl (C=O) groups excluding carboxylic acids is 1. The van der Waals surface area contributed by atoms with Crippen molar-refractivity contribution < 1.29 is 19.2 Å². The van der Waals surface area contributed by atoms with Crippen LogP contribution >= 0.6 is 22.9 Å². The smallest absolute Gasteiger partial charge is 0.281 e. The summed E-state index contributed by atoms with van der Waals surface area (Å²) in [7, 11) is 0. The number of thiophene rings is 1. The van der Waals surface area contributed by atoms with E-state index in [-0.39, 0.29) is 5.69 Å². The SMILES string of the molecule is CCOc1cc(Cl)c(C=NNC(=O)c2cc3cc([N+](=O)[O-])ccc3s2)cc1OCC. The normalized spacial score (nSPS) is 11.0. The van der Waals surface area contributed by atoms with Crippen LogP contribution in [0.4, 0.5) is 5.69 Å². The number of nitro benzene ring substituents is 1. The molecular weight excluding hydrogens is 430 g/mol. The molecule has 0 saturated carbocycles. The molecule has 0 aliphatic rings. The lowest BCUT2D eigenvalue weighted by Gasteiger charge is -2.12. The number of halogens is 1. The van der Waals surface area contributed by atoms with Crippen LogP contribution < -0.4 is 14.9 Å². The molecule has 0 aliphatic heterocycles. The van der Waals surface area contributed by atoms with Gasteiger partial charge < -0.3 is 9.47 Å². The largest absolute Gasteiger partial charge is 0.490 e. The van der Waals surface area contributed by atoms with E-state index in [1.165, 1.54) is 29.7 Å². The Morgan fingerprint density at radius 1 is 1.20 bits per heavy atom. The Kier molecular flexibility index (Phi) is 6.86. The van der Waals surface area contributed by atoms with Crippen LogP contribution in [0.25, 0.3) is 10.1 Å². The average molecular weight is 448 g/mol. The molecule has 2 aromatic carbocycles. The molecule has 0 unspecified atom stereocenters. The number of rotatable bonds is 8. The molecule has 0 fully saturated rings. The number of benzene rings is 2. The summed E-state index contributed by atoms with van der Waals surface area (Å²) < 4.78 is 11.8. The third-order valence-corrected chi connectivity index (χ3v) is 5.41. The van der Waals surface area contributed by atoms with Crippen LogP contribution in [0.2, 0.25) is 5.02 Å². The zero-order valence-corrected chi connectivity index (χ0v) is 17.7. The molecule has 0 radical (unpaired) electrons. The van der Waals surface area contributed by atoms with Crippen LogP contribution in [0.5, 0.6) is 11.5 Å². The van der Waals surface area contributed by atoms with Gasteiger partial charge in [0.2, 0.25) is 0 Å². The van der Waals surface area contributed by atoms with Crippen LogP contribution in [-0.4, -0.2) is 30.3 Å². The number of non-ortho nitro benzene ring substituents is 1. The highest BCUT2D eigenvalue weighted by Gasteiger charge is 2.13. The maximum absolute atomic E-state index is 12.4. The van der Waals surface area contributed by atoms with Crippen LogP contribution in [0, 0.1) is 10.1 Å². The molecule has 0 bridgehead atoms. The van der Waals surface area contributed by atoms with Crippen molar-refractivity contribution in [3.63, 3.8) is 0 Å². The quantitative estimate of drug-likeness (QED) is 0.296. The van der Waals surface area contributed by atoms with Gasteiger partial charge in [-0.25, -0.2) is 5.43 Å². The molecule has 0 spiro atoms. The van der Waals surface area contributed by atoms with Gasteiger partial charge in [0.15, 0.2) is 11.5 Å². The summed E-state index contributed by atoms with van der Waals surface area (Å²) in [6.45, 7) is 4.65. The lowest BCUT2D eigenvalue weighted by atomic mass is 10.2. The van der Waals surface area contributed by atoms with Crippen molar-refractivity contribution in [3.8, 4) is 11.5 Å². The molecular formula is C20H18ClN3O5S. The Morgan fingerprint density at radius 2 is 1.90 bits per heavy atom. The fourth-order valence-electron chi connectivity index (χ4n) is 2.66. The average Bonchev–Trinajstić information content (AvgIpc) is 3.14. The van der Waals surface area contributed by atoms with Crippen molar-refractivity contribution in [2.45, 2.75) is 13.8 Å². The van der Waals surface area contributed by atoms with E-state index in [0.717, 1.165) is 4.70 Å². The highest BCUT2D eigenvalue weighted by molar-refractivity contribution is 7.20. The topological polar surface area (TPSA) is 103 Å². The minimum Gasteiger partial charge on any atom is -0.490 e. The first-order valence-electron chi connectivity index (χ1n) is 9.03. The number of carbonyl (C=O) groups is 1. The summed E-state index contributed by atoms with van der Waals surface area (Å²) in [5.74, 6) is 0.634. The van der Waals surface area contributed by atoms with Crippen LogP contribution in [0.1, 0.15) is 29.1 Å². The summed E-state index contributed by atoms with van der Waals surface area (Å²) >= 11 is 7.49. The first-order valence-corrected chi connectivity index (χ1v) is 10.2. The summed E-state index contributed by atoms with van der Waals surface area (Å²) in [5.41, 5.74) is 2.96. The number of nitrogens with zero attached hydrogens (tertiary/aromatic N) is 2. The lowest BCUT2D eigenvalue weighted by molar-refractivity contribution is -0.384. The zero-order chi connectivity index (χ0) is 21.7. The second kappa shape index (κ2) is 9.55. The highest BCUT2D eigenvalue weighted by Crippen LogP contribution is 2.33. The van der Waals surface area contributed by atoms with Gasteiger partial charge in [-0.1, -0.05) is 11.6 Å². The fourth-order valence-corrected chi connectivity index (χ4v) is 3.79. The second-order valence-corrected chi connectivity index (χ2v) is 7.47. The van der Waals surface area contributed by atoms with Crippen LogP contribution in [0.15, 0.2) is 41.5 Å². The molecule has 156 valence electrons. The fraction of sp³-hybridized carbons (Fsp3) is 0.200. The van der Waals surface area contributed by atoms with Gasteiger partial charge in [-0.05, 0) is 32.0 Å². The molecule has 1 amide bonds. The molecule has 0 saturated heterocycles. The number of nitrogens with one attached hydrogen (secondary N) is 1. The Balaban J connectivity index is 1.76. The Bertz CT molecular complexity index is 1130. The van der Waals surface area contributed by atoms with Crippen molar-refractivity contribution in [1.29, 1.82) is 0 Å². The van der Waals surface area contributed by atoms with Crippen molar-refractivity contribution in [1.82, 2.24) is 5.43 Å². The van der Waals surface area contributed by atoms with E-state index in [1.54, 1.807) is 24.3 Å². The van der Waals surface area contributed by atoms with Crippen molar-refractivity contribution >= 4 is 50.8 Å². The first-order chi connectivity index (χ1) is 14.4. The van der Waals surface area contributed by atoms with Gasteiger partial charge >= 0.3 is 0 Å². The number of hydrazone groups is 1. The predicted molar refractivity (Wildman–Crippen MR) is 117 cm³/mol. The van der Waals surface area contributed by atoms with Crippen LogP contribution in [0.3, 0.4) is 0 Å². The molecule has 8 nitrogen and oxygen atoms in total. The maximum atomic E-state index is 12.4. The van der Waals surface area contributed by atoms with E-state index < -0.39 is 10.8 Å². The molecule has 1 N–H and O–H groups in total. The highest BCUT2D eigenvalue weighted by atomic mass is 35.5. The summed E-state index contributed by atoms with van der Waals surface area (Å²) in [6.07, 6.45) is 1.41. The van der Waals surface area contributed by atoms with Crippen molar-refractivity contribution in [2.75, 3.05) is 13.2 Å². The predicted octanol–water partition coefficient (Wildman–Crippen LogP) is 5.02. The molecule has 0 aliphatic carbocycles. The van der Waals surface area contributed by atoms with Gasteiger partial charge in [0, 0.05) is 33.8 Å².